The summed E-state index contributed by atoms with van der Waals surface area (Å²) in [6, 6.07) is 6.12. The first-order valence-corrected chi connectivity index (χ1v) is 12.7. The van der Waals surface area contributed by atoms with Gasteiger partial charge < -0.3 is 0 Å². The molecule has 3 aromatic rings. The molecule has 2 atom stereocenters. The Balaban J connectivity index is 2.17. The number of hydrogen-bond donors (Lipinski definition) is 0. The van der Waals surface area contributed by atoms with Crippen LogP contribution in [0.3, 0.4) is 0 Å². The van der Waals surface area contributed by atoms with Crippen LogP contribution in [0, 0.1) is 13.8 Å². The van der Waals surface area contributed by atoms with Crippen LogP contribution in [-0.2, 0) is 4.74 Å². The summed E-state index contributed by atoms with van der Waals surface area (Å²) in [5.74, 6) is 0.414. The fourth-order valence-electron chi connectivity index (χ4n) is 3.68. The van der Waals surface area contributed by atoms with Gasteiger partial charge >= 0.3 is 180 Å². The van der Waals surface area contributed by atoms with Crippen LogP contribution < -0.4 is 4.48 Å². The van der Waals surface area contributed by atoms with Gasteiger partial charge in [0.05, 0.1) is 0 Å². The Morgan fingerprint density at radius 3 is 2.55 bits per heavy atom. The molecule has 0 spiro atoms. The monoisotopic (exact) mass is 459 g/mol. The van der Waals surface area contributed by atoms with Gasteiger partial charge in [-0.15, -0.1) is 0 Å². The van der Waals surface area contributed by atoms with Crippen LogP contribution in [0.25, 0.3) is 22.3 Å². The third-order valence-corrected chi connectivity index (χ3v) is 7.46. The normalized spacial score (nSPS) is 13.2. The second kappa shape index (κ2) is 9.40. The molecule has 3 rings (SSSR count). The van der Waals surface area contributed by atoms with E-state index in [9.17, 15) is 4.39 Å². The van der Waals surface area contributed by atoms with Gasteiger partial charge in [-0.25, -0.2) is 0 Å². The predicted octanol–water partition coefficient (Wildman–Crippen LogP) is 4.50. The van der Waals surface area contributed by atoms with Crippen LogP contribution in [0.15, 0.2) is 24.4 Å². The predicted molar refractivity (Wildman–Crippen MR) is 121 cm³/mol. The van der Waals surface area contributed by atoms with Crippen LogP contribution in [0.2, 0.25) is 5.21 Å². The number of pyridine rings is 2. The first kappa shape index (κ1) is 22.0. The molecule has 0 aromatic carbocycles. The van der Waals surface area contributed by atoms with Crippen molar-refractivity contribution < 1.29 is 9.13 Å². The van der Waals surface area contributed by atoms with Crippen LogP contribution in [0.1, 0.15) is 49.6 Å². The van der Waals surface area contributed by atoms with E-state index in [1.165, 1.54) is 4.48 Å². The van der Waals surface area contributed by atoms with Crippen molar-refractivity contribution in [1.29, 1.82) is 0 Å². The molecule has 0 N–H and O–H groups in total. The molecule has 0 aliphatic rings. The summed E-state index contributed by atoms with van der Waals surface area (Å²) in [5, 5.41) is 1.16. The average Bonchev–Trinajstić information content (AvgIpc) is 3.01. The Bertz CT molecular complexity index is 999. The quantitative estimate of drug-likeness (QED) is 0.466. The molecule has 0 saturated carbocycles. The van der Waals surface area contributed by atoms with Crippen molar-refractivity contribution >= 4 is 31.3 Å². The van der Waals surface area contributed by atoms with Crippen molar-refractivity contribution in [2.75, 3.05) is 20.4 Å². The van der Waals surface area contributed by atoms with Gasteiger partial charge in [-0.3, -0.25) is 0 Å². The molecular formula is C23H31AsFN3O. The van der Waals surface area contributed by atoms with Gasteiger partial charge in [-0.2, -0.15) is 0 Å². The third kappa shape index (κ3) is 4.41. The fourth-order valence-corrected chi connectivity index (χ4v) is 5.64. The molecule has 0 bridgehead atoms. The molecule has 4 nitrogen and oxygen atoms in total. The molecule has 0 aliphatic heterocycles. The zero-order chi connectivity index (χ0) is 21.1. The maximum atomic E-state index is 13.6. The Labute approximate surface area is 179 Å². The van der Waals surface area contributed by atoms with E-state index in [2.05, 4.69) is 45.9 Å². The molecule has 0 amide bonds. The summed E-state index contributed by atoms with van der Waals surface area (Å²) < 4.78 is 22.0. The number of aromatic nitrogens is 3. The molecule has 0 fully saturated rings. The Morgan fingerprint density at radius 2 is 1.93 bits per heavy atom. The van der Waals surface area contributed by atoms with Crippen LogP contribution in [0.4, 0.5) is 4.39 Å². The molecule has 6 heteroatoms. The maximum absolute atomic E-state index is 13.6. The second-order valence-corrected chi connectivity index (χ2v) is 11.0. The minimum atomic E-state index is -0.468. The number of methoxy groups -OCH3 is 1. The van der Waals surface area contributed by atoms with Crippen molar-refractivity contribution in [2.45, 2.75) is 51.8 Å². The van der Waals surface area contributed by atoms with Gasteiger partial charge in [0.25, 0.3) is 0 Å². The number of ether oxygens (including phenoxy) is 1. The average molecular weight is 459 g/mol. The molecule has 3 heterocycles. The van der Waals surface area contributed by atoms with E-state index in [4.69, 9.17) is 14.7 Å². The first-order valence-electron chi connectivity index (χ1n) is 10.2. The number of fused-ring (bicyclic) bond motifs is 1. The van der Waals surface area contributed by atoms with Gasteiger partial charge in [0.2, 0.25) is 0 Å². The van der Waals surface area contributed by atoms with E-state index in [1.54, 1.807) is 7.11 Å². The molecule has 1 unspecified atom stereocenters. The van der Waals surface area contributed by atoms with E-state index >= 15 is 0 Å². The molecule has 0 saturated heterocycles. The summed E-state index contributed by atoms with van der Waals surface area (Å²) in [5.41, 5.74) is 7.33. The van der Waals surface area contributed by atoms with Crippen LogP contribution in [0.5, 0.6) is 0 Å². The fraction of sp³-hybridized carbons (Fsp3) is 0.478. The van der Waals surface area contributed by atoms with Crippen LogP contribution >= 0.6 is 0 Å². The number of hydrogen-bond acceptors (Lipinski definition) is 3. The van der Waals surface area contributed by atoms with E-state index < -0.39 is 6.67 Å². The van der Waals surface area contributed by atoms with E-state index in [0.717, 1.165) is 44.3 Å². The van der Waals surface area contributed by atoms with Gasteiger partial charge in [-0.1, -0.05) is 0 Å². The number of halogens is 1. The van der Waals surface area contributed by atoms with Crippen molar-refractivity contribution in [3.8, 4) is 11.3 Å². The van der Waals surface area contributed by atoms with E-state index in [-0.39, 0.29) is 21.8 Å². The summed E-state index contributed by atoms with van der Waals surface area (Å²) >= 11 is -0.308. The number of alkyl halides is 1. The second-order valence-electron chi connectivity index (χ2n) is 7.82. The Morgan fingerprint density at radius 1 is 1.17 bits per heavy atom. The van der Waals surface area contributed by atoms with Gasteiger partial charge in [-0.05, 0) is 0 Å². The van der Waals surface area contributed by atoms with Gasteiger partial charge in [0.1, 0.15) is 0 Å². The van der Waals surface area contributed by atoms with Crippen LogP contribution in [-0.4, -0.2) is 50.7 Å². The van der Waals surface area contributed by atoms with Gasteiger partial charge in [0, 0.05) is 0 Å². The zero-order valence-corrected chi connectivity index (χ0v) is 20.3. The number of aryl methyl sites for hydroxylation is 2. The molecule has 0 aliphatic carbocycles. The van der Waals surface area contributed by atoms with Gasteiger partial charge in [0.15, 0.2) is 0 Å². The summed E-state index contributed by atoms with van der Waals surface area (Å²) in [6.07, 6.45) is 1.99. The van der Waals surface area contributed by atoms with Crippen molar-refractivity contribution in [3.63, 3.8) is 0 Å². The first-order chi connectivity index (χ1) is 13.9. The molecule has 156 valence electrons. The van der Waals surface area contributed by atoms with Crippen molar-refractivity contribution in [1.82, 2.24) is 14.5 Å². The van der Waals surface area contributed by atoms with E-state index in [1.807, 2.05) is 17.7 Å². The number of rotatable bonds is 8. The van der Waals surface area contributed by atoms with Crippen molar-refractivity contribution in [2.24, 2.45) is 0 Å². The minimum absolute atomic E-state index is 0.308. The summed E-state index contributed by atoms with van der Waals surface area (Å²) in [7, 11) is 1.61. The molecule has 3 aromatic heterocycles. The topological polar surface area (TPSA) is 39.9 Å². The molecule has 29 heavy (non-hydrogen) atoms. The Hall–Kier alpha value is -1.71. The molecule has 0 radical (unpaired) electrons. The van der Waals surface area contributed by atoms with E-state index in [0.29, 0.717) is 12.5 Å². The Kier molecular flexibility index (Phi) is 7.13. The van der Waals surface area contributed by atoms with Crippen molar-refractivity contribution in [3.05, 3.63) is 41.2 Å². The standard InChI is InChI=1S/C23H31AsFN3O/c1-7-24-23-18(8-9-19(26-23)14(2)3)21-15(4)10-20-22(27-21)16(5)12-28(20)17(11-25)13-29-6/h8-10,12,14,17,24H,7,11,13H2,1-6H3/t17-/m0/s1. The summed E-state index contributed by atoms with van der Waals surface area (Å²) in [6.45, 7) is 10.6. The third-order valence-electron chi connectivity index (χ3n) is 5.22. The summed E-state index contributed by atoms with van der Waals surface area (Å²) in [4.78, 5) is 10.1. The SMILES string of the molecule is CC[AsH]c1nc(C(C)C)ccc1-c1nc2c(C)cn([C@@H](CF)COC)c2cc1C. The zero-order valence-electron chi connectivity index (χ0n) is 18.2. The molecular weight excluding hydrogens is 428 g/mol. The number of nitrogens with zero attached hydrogens (tertiary/aromatic N) is 3.